The summed E-state index contributed by atoms with van der Waals surface area (Å²) in [5, 5.41) is 0. The fraction of sp³-hybridized carbons (Fsp3) is 0.909. The quantitative estimate of drug-likeness (QED) is 0.445. The monoisotopic (exact) mass is 594 g/mol. The summed E-state index contributed by atoms with van der Waals surface area (Å²) in [6.45, 7) is 10.3. The molecule has 0 bridgehead atoms. The molecule has 2 aliphatic rings. The van der Waals surface area contributed by atoms with Crippen LogP contribution in [0.4, 0.5) is 18.4 Å². The number of nitrogens with zero attached hydrogens (tertiary/aromatic N) is 2. The van der Waals surface area contributed by atoms with E-state index in [1.165, 1.54) is 9.80 Å². The highest BCUT2D eigenvalue weighted by Crippen LogP contribution is 2.22. The number of carbonyl (C=O) groups excluding carboxylic acids is 2. The van der Waals surface area contributed by atoms with E-state index in [0.29, 0.717) is 0 Å². The second-order valence-corrected chi connectivity index (χ2v) is 14.3. The first-order valence-corrected chi connectivity index (χ1v) is 15.6. The number of ether oxygens (including phenoxy) is 2. The largest absolute Gasteiger partial charge is 0.444 e. The zero-order chi connectivity index (χ0) is 29.7. The minimum atomic E-state index is -3.70. The molecule has 4 atom stereocenters. The van der Waals surface area contributed by atoms with Crippen LogP contribution in [0.2, 0.25) is 0 Å². The van der Waals surface area contributed by atoms with Crippen molar-refractivity contribution < 1.29 is 53.0 Å². The lowest BCUT2D eigenvalue weighted by Gasteiger charge is -2.34. The van der Waals surface area contributed by atoms with E-state index in [1.54, 1.807) is 41.5 Å². The third kappa shape index (κ3) is 13.8. The van der Waals surface area contributed by atoms with Crippen LogP contribution in [-0.4, -0.2) is 113 Å². The molecule has 0 aromatic carbocycles. The van der Waals surface area contributed by atoms with Crippen molar-refractivity contribution in [2.45, 2.75) is 90.1 Å². The summed E-state index contributed by atoms with van der Waals surface area (Å²) in [5.74, 6) is 0. The smallest absolute Gasteiger partial charge is 0.410 e. The van der Waals surface area contributed by atoms with Crippen LogP contribution in [0.1, 0.15) is 54.4 Å². The lowest BCUT2D eigenvalue weighted by Crippen LogP contribution is -2.49. The molecular formula is C22H40F2N2O10S2. The molecule has 2 rings (SSSR count). The molecule has 2 aliphatic heterocycles. The van der Waals surface area contributed by atoms with E-state index in [0.717, 1.165) is 12.5 Å². The van der Waals surface area contributed by atoms with Gasteiger partial charge in [-0.25, -0.2) is 18.4 Å². The van der Waals surface area contributed by atoms with E-state index in [4.69, 9.17) is 9.47 Å². The third-order valence-electron chi connectivity index (χ3n) is 4.86. The van der Waals surface area contributed by atoms with Gasteiger partial charge in [0.1, 0.15) is 35.8 Å². The normalized spacial score (nSPS) is 25.2. The van der Waals surface area contributed by atoms with Crippen LogP contribution in [0.3, 0.4) is 0 Å². The summed E-state index contributed by atoms with van der Waals surface area (Å²) in [5.41, 5.74) is -1.30. The Hall–Kier alpha value is -1.78. The fourth-order valence-corrected chi connectivity index (χ4v) is 4.75. The van der Waals surface area contributed by atoms with Crippen LogP contribution in [0, 0.1) is 0 Å². The van der Waals surface area contributed by atoms with Gasteiger partial charge in [-0.2, -0.15) is 16.8 Å². The summed E-state index contributed by atoms with van der Waals surface area (Å²) in [7, 11) is -7.40. The lowest BCUT2D eigenvalue weighted by atomic mass is 10.1. The third-order valence-corrected chi connectivity index (χ3v) is 6.06. The minimum absolute atomic E-state index is 0.119. The number of carbonyl (C=O) groups is 2. The molecule has 0 aromatic rings. The lowest BCUT2D eigenvalue weighted by molar-refractivity contribution is -0.00952. The molecule has 224 valence electrons. The Morgan fingerprint density at radius 2 is 0.974 bits per heavy atom. The first kappa shape index (κ1) is 34.2. The van der Waals surface area contributed by atoms with Gasteiger partial charge in [0.05, 0.1) is 25.6 Å². The number of hydrogen-bond acceptors (Lipinski definition) is 10. The van der Waals surface area contributed by atoms with Gasteiger partial charge in [-0.1, -0.05) is 0 Å². The Kier molecular flexibility index (Phi) is 11.8. The maximum absolute atomic E-state index is 13.8. The van der Waals surface area contributed by atoms with E-state index in [9.17, 15) is 35.2 Å². The molecule has 0 radical (unpaired) electrons. The molecule has 2 fully saturated rings. The molecule has 0 aliphatic carbocycles. The molecule has 0 unspecified atom stereocenters. The Morgan fingerprint density at radius 1 is 0.684 bits per heavy atom. The van der Waals surface area contributed by atoms with Crippen LogP contribution < -0.4 is 0 Å². The molecule has 0 N–H and O–H groups in total. The van der Waals surface area contributed by atoms with E-state index in [2.05, 4.69) is 8.37 Å². The molecule has 38 heavy (non-hydrogen) atoms. The highest BCUT2D eigenvalue weighted by molar-refractivity contribution is 7.86. The molecular weight excluding hydrogens is 554 g/mol. The Bertz CT molecular complexity index is 944. The molecule has 2 amide bonds. The standard InChI is InChI=1S/2C11H20FNO5S/c2*1-11(2,3)17-10(14)13-6-5-9(8(12)7-13)18-19(4,15)16/h2*8-9H,5-7H2,1-4H3/t2*8-,9+/m10/s1. The van der Waals surface area contributed by atoms with Crippen molar-refractivity contribution in [3.05, 3.63) is 0 Å². The van der Waals surface area contributed by atoms with E-state index in [1.807, 2.05) is 0 Å². The Labute approximate surface area is 224 Å². The first-order chi connectivity index (χ1) is 17.0. The van der Waals surface area contributed by atoms with Gasteiger partial charge in [-0.3, -0.25) is 8.37 Å². The SMILES string of the molecule is CC(C)(C)OC(=O)N1CC[C@@H](OS(C)(=O)=O)[C@@H](F)C1.CC(C)(C)OC(=O)N1CC[C@H](OS(C)(=O)=O)[C@H](F)C1. The van der Waals surface area contributed by atoms with Crippen molar-refractivity contribution in [1.29, 1.82) is 0 Å². The minimum Gasteiger partial charge on any atom is -0.444 e. The fourth-order valence-electron chi connectivity index (χ4n) is 3.42. The average Bonchev–Trinajstić information content (AvgIpc) is 2.67. The van der Waals surface area contributed by atoms with Gasteiger partial charge < -0.3 is 19.3 Å². The van der Waals surface area contributed by atoms with Crippen LogP contribution in [0.15, 0.2) is 0 Å². The van der Waals surface area contributed by atoms with Gasteiger partial charge >= 0.3 is 12.2 Å². The first-order valence-electron chi connectivity index (χ1n) is 12.0. The van der Waals surface area contributed by atoms with Gasteiger partial charge in [0.2, 0.25) is 0 Å². The number of likely N-dealkylation sites (tertiary alicyclic amines) is 2. The number of alkyl halides is 2. The van der Waals surface area contributed by atoms with Crippen molar-refractivity contribution in [2.75, 3.05) is 38.7 Å². The maximum Gasteiger partial charge on any atom is 0.410 e. The van der Waals surface area contributed by atoms with Crippen molar-refractivity contribution in [1.82, 2.24) is 9.80 Å². The number of halogens is 2. The van der Waals surface area contributed by atoms with Gasteiger partial charge in [0.25, 0.3) is 20.2 Å². The molecule has 2 heterocycles. The predicted molar refractivity (Wildman–Crippen MR) is 134 cm³/mol. The maximum atomic E-state index is 13.8. The van der Waals surface area contributed by atoms with Crippen LogP contribution in [-0.2, 0) is 38.1 Å². The second kappa shape index (κ2) is 13.0. The summed E-state index contributed by atoms with van der Waals surface area (Å²) in [4.78, 5) is 25.9. The molecule has 16 heteroatoms. The van der Waals surface area contributed by atoms with E-state index >= 15 is 0 Å². The zero-order valence-electron chi connectivity index (χ0n) is 23.1. The molecule has 2 saturated heterocycles. The van der Waals surface area contributed by atoms with Crippen molar-refractivity contribution in [3.8, 4) is 0 Å². The van der Waals surface area contributed by atoms with E-state index in [-0.39, 0.29) is 39.0 Å². The molecule has 0 spiro atoms. The van der Waals surface area contributed by atoms with E-state index < -0.39 is 68.2 Å². The van der Waals surface area contributed by atoms with Gasteiger partial charge in [0.15, 0.2) is 0 Å². The zero-order valence-corrected chi connectivity index (χ0v) is 24.7. The summed E-state index contributed by atoms with van der Waals surface area (Å²) in [6, 6.07) is 0. The topological polar surface area (TPSA) is 146 Å². The predicted octanol–water partition coefficient (Wildman–Crippen LogP) is 2.62. The number of hydrogen-bond donors (Lipinski definition) is 0. The summed E-state index contributed by atoms with van der Waals surface area (Å²) >= 11 is 0. The summed E-state index contributed by atoms with van der Waals surface area (Å²) < 4.78 is 90.9. The highest BCUT2D eigenvalue weighted by atomic mass is 32.2. The molecule has 12 nitrogen and oxygen atoms in total. The molecule has 0 saturated carbocycles. The number of amides is 2. The van der Waals surface area contributed by atoms with Crippen LogP contribution in [0.5, 0.6) is 0 Å². The van der Waals surface area contributed by atoms with Gasteiger partial charge in [-0.15, -0.1) is 0 Å². The van der Waals surface area contributed by atoms with Crippen molar-refractivity contribution in [2.24, 2.45) is 0 Å². The summed E-state index contributed by atoms with van der Waals surface area (Å²) in [6.07, 6.45) is -4.38. The number of rotatable bonds is 4. The van der Waals surface area contributed by atoms with Gasteiger partial charge in [0, 0.05) is 13.1 Å². The van der Waals surface area contributed by atoms with Crippen molar-refractivity contribution in [3.63, 3.8) is 0 Å². The highest BCUT2D eigenvalue weighted by Gasteiger charge is 2.37. The second-order valence-electron chi connectivity index (χ2n) is 11.1. The van der Waals surface area contributed by atoms with Crippen molar-refractivity contribution >= 4 is 32.4 Å². The molecule has 0 aromatic heterocycles. The van der Waals surface area contributed by atoms with Gasteiger partial charge in [-0.05, 0) is 54.4 Å². The Balaban J connectivity index is 0.000000380. The van der Waals surface area contributed by atoms with Crippen LogP contribution >= 0.6 is 0 Å². The average molecular weight is 595 g/mol. The Morgan fingerprint density at radius 3 is 1.18 bits per heavy atom. The number of piperidine rings is 2. The van der Waals surface area contributed by atoms with Crippen LogP contribution in [0.25, 0.3) is 0 Å².